The minimum Gasteiger partial charge on any atom is -0.344 e. The van der Waals surface area contributed by atoms with Crippen LogP contribution in [-0.2, 0) is 20.8 Å². The zero-order valence-corrected chi connectivity index (χ0v) is 25.0. The van der Waals surface area contributed by atoms with Crippen LogP contribution in [0.1, 0.15) is 54.9 Å². The topological polar surface area (TPSA) is 130 Å². The first-order valence-electron chi connectivity index (χ1n) is 15.5. The Hall–Kier alpha value is -4.54. The van der Waals surface area contributed by atoms with Crippen LogP contribution < -0.4 is 10.6 Å². The Morgan fingerprint density at radius 1 is 0.977 bits per heavy atom. The Labute approximate surface area is 257 Å². The molecule has 2 aromatic carbocycles. The van der Waals surface area contributed by atoms with Gasteiger partial charge in [0.25, 0.3) is 5.91 Å². The van der Waals surface area contributed by atoms with Crippen LogP contribution in [0.25, 0.3) is 5.69 Å². The van der Waals surface area contributed by atoms with Gasteiger partial charge in [-0.05, 0) is 68.6 Å². The SMILES string of the molecule is C[C@H]1NC(=O)[C@H](CCc2ccccc2)NC(=O)CCC[C@H]2[C@@H]3C[C@@H](CN(C(=O)c4ccccc4-n4cncn4)C3)CN2C1=O. The quantitative estimate of drug-likeness (QED) is 0.465. The summed E-state index contributed by atoms with van der Waals surface area (Å²) < 4.78 is 1.60. The summed E-state index contributed by atoms with van der Waals surface area (Å²) in [5, 5.41) is 10.0. The Bertz CT molecular complexity index is 1490. The van der Waals surface area contributed by atoms with Crippen molar-refractivity contribution >= 4 is 23.6 Å². The number of piperidine rings is 2. The molecule has 4 heterocycles. The summed E-state index contributed by atoms with van der Waals surface area (Å²) in [4.78, 5) is 61.9. The van der Waals surface area contributed by atoms with Gasteiger partial charge < -0.3 is 20.4 Å². The number of hydrogen-bond donors (Lipinski definition) is 2. The Kier molecular flexibility index (Phi) is 8.72. The first-order valence-corrected chi connectivity index (χ1v) is 15.5. The number of nitrogens with one attached hydrogen (secondary N) is 2. The van der Waals surface area contributed by atoms with Gasteiger partial charge in [-0.1, -0.05) is 42.5 Å². The fraction of sp³-hybridized carbons (Fsp3) is 0.455. The van der Waals surface area contributed by atoms with Crippen LogP contribution in [0.3, 0.4) is 0 Å². The largest absolute Gasteiger partial charge is 0.344 e. The van der Waals surface area contributed by atoms with Crippen LogP contribution in [0.4, 0.5) is 0 Å². The molecule has 3 fully saturated rings. The molecular formula is C33H39N7O4. The van der Waals surface area contributed by atoms with Crippen molar-refractivity contribution in [3.05, 3.63) is 78.4 Å². The lowest BCUT2D eigenvalue weighted by Crippen LogP contribution is -2.63. The summed E-state index contributed by atoms with van der Waals surface area (Å²) in [6.45, 7) is 3.30. The smallest absolute Gasteiger partial charge is 0.256 e. The highest BCUT2D eigenvalue weighted by atomic mass is 16.2. The number of hydrogen-bond acceptors (Lipinski definition) is 6. The number of carbonyl (C=O) groups is 4. The molecule has 3 saturated heterocycles. The predicted molar refractivity (Wildman–Crippen MR) is 163 cm³/mol. The van der Waals surface area contributed by atoms with Gasteiger partial charge in [0.05, 0.1) is 11.3 Å². The van der Waals surface area contributed by atoms with Crippen LogP contribution in [0, 0.1) is 11.8 Å². The fourth-order valence-corrected chi connectivity index (χ4v) is 7.08. The molecule has 0 spiro atoms. The Morgan fingerprint density at radius 3 is 2.57 bits per heavy atom. The number of carbonyl (C=O) groups excluding carboxylic acids is 4. The molecule has 11 nitrogen and oxygen atoms in total. The lowest BCUT2D eigenvalue weighted by molar-refractivity contribution is -0.145. The summed E-state index contributed by atoms with van der Waals surface area (Å²) in [5.74, 6) is -0.491. The van der Waals surface area contributed by atoms with Gasteiger partial charge in [-0.2, -0.15) is 5.10 Å². The third-order valence-corrected chi connectivity index (χ3v) is 9.19. The number of amides is 4. The molecule has 2 bridgehead atoms. The molecule has 3 aromatic rings. The minimum absolute atomic E-state index is 0.0692. The van der Waals surface area contributed by atoms with E-state index in [1.54, 1.807) is 17.9 Å². The van der Waals surface area contributed by atoms with Crippen LogP contribution in [0.15, 0.2) is 67.3 Å². The standard InChI is InChI=1S/C33H39N7O4/c1-22-32(43)39-18-24-16-25(19-38(17-24)33(44)26-10-5-6-11-29(26)40-21-34-20-35-40)28(39)12-7-13-30(41)37-27(31(42)36-22)15-14-23-8-3-2-4-9-23/h2-6,8-11,20-22,24-25,27-28H,7,12-19H2,1H3,(H,36,42)(H,37,41)/t22-,24+,25-,27+,28+/m1/s1. The molecule has 0 aliphatic carbocycles. The number of para-hydroxylation sites is 1. The molecule has 11 heteroatoms. The number of benzene rings is 2. The average molecular weight is 598 g/mol. The molecular weight excluding hydrogens is 558 g/mol. The number of likely N-dealkylation sites (tertiary alicyclic amines) is 1. The van der Waals surface area contributed by atoms with E-state index >= 15 is 0 Å². The molecule has 3 aliphatic heterocycles. The maximum Gasteiger partial charge on any atom is 0.256 e. The van der Waals surface area contributed by atoms with Crippen molar-refractivity contribution in [2.24, 2.45) is 11.8 Å². The van der Waals surface area contributed by atoms with E-state index in [0.717, 1.165) is 12.0 Å². The lowest BCUT2D eigenvalue weighted by atomic mass is 9.77. The van der Waals surface area contributed by atoms with E-state index in [0.29, 0.717) is 56.6 Å². The third kappa shape index (κ3) is 6.36. The second kappa shape index (κ2) is 13.0. The Balaban J connectivity index is 1.17. The normalized spacial score (nSPS) is 26.1. The molecule has 6 rings (SSSR count). The second-order valence-electron chi connectivity index (χ2n) is 12.3. The highest BCUT2D eigenvalue weighted by molar-refractivity contribution is 5.98. The van der Waals surface area contributed by atoms with Gasteiger partial charge in [0.15, 0.2) is 0 Å². The summed E-state index contributed by atoms with van der Waals surface area (Å²) in [5.41, 5.74) is 2.31. The van der Waals surface area contributed by atoms with Gasteiger partial charge in [0.1, 0.15) is 24.7 Å². The maximum absolute atomic E-state index is 13.9. The van der Waals surface area contributed by atoms with Gasteiger partial charge in [-0.25, -0.2) is 9.67 Å². The first kappa shape index (κ1) is 29.5. The molecule has 5 atom stereocenters. The predicted octanol–water partition coefficient (Wildman–Crippen LogP) is 2.36. The zero-order valence-electron chi connectivity index (χ0n) is 25.0. The fourth-order valence-electron chi connectivity index (χ4n) is 7.08. The molecule has 44 heavy (non-hydrogen) atoms. The van der Waals surface area contributed by atoms with Crippen LogP contribution in [0.2, 0.25) is 0 Å². The zero-order chi connectivity index (χ0) is 30.6. The first-order chi connectivity index (χ1) is 21.4. The summed E-state index contributed by atoms with van der Waals surface area (Å²) >= 11 is 0. The van der Waals surface area contributed by atoms with Crippen molar-refractivity contribution in [1.29, 1.82) is 0 Å². The lowest BCUT2D eigenvalue weighted by Gasteiger charge is -2.51. The van der Waals surface area contributed by atoms with Crippen LogP contribution >= 0.6 is 0 Å². The van der Waals surface area contributed by atoms with Gasteiger partial charge >= 0.3 is 0 Å². The molecule has 1 aromatic heterocycles. The van der Waals surface area contributed by atoms with Crippen molar-refractivity contribution in [2.45, 2.75) is 63.6 Å². The average Bonchev–Trinajstić information content (AvgIpc) is 3.58. The van der Waals surface area contributed by atoms with Gasteiger partial charge in [-0.15, -0.1) is 0 Å². The molecule has 0 radical (unpaired) electrons. The van der Waals surface area contributed by atoms with E-state index < -0.39 is 12.1 Å². The molecule has 4 amide bonds. The number of aryl methyl sites for hydroxylation is 1. The minimum atomic E-state index is -0.730. The van der Waals surface area contributed by atoms with E-state index in [1.807, 2.05) is 64.4 Å². The highest BCUT2D eigenvalue weighted by Crippen LogP contribution is 2.37. The van der Waals surface area contributed by atoms with Gasteiger partial charge in [0, 0.05) is 32.1 Å². The number of rotatable bonds is 5. The Morgan fingerprint density at radius 2 is 1.77 bits per heavy atom. The summed E-state index contributed by atoms with van der Waals surface area (Å²) in [7, 11) is 0. The van der Waals surface area contributed by atoms with Gasteiger partial charge in [0.2, 0.25) is 17.7 Å². The molecule has 2 N–H and O–H groups in total. The van der Waals surface area contributed by atoms with Crippen LogP contribution in [-0.4, -0.2) is 86.0 Å². The maximum atomic E-state index is 13.9. The van der Waals surface area contributed by atoms with Crippen molar-refractivity contribution in [3.8, 4) is 5.69 Å². The summed E-state index contributed by atoms with van der Waals surface area (Å²) in [6, 6.07) is 15.7. The van der Waals surface area contributed by atoms with Gasteiger partial charge in [-0.3, -0.25) is 19.2 Å². The van der Waals surface area contributed by atoms with E-state index in [2.05, 4.69) is 20.7 Å². The van der Waals surface area contributed by atoms with Crippen molar-refractivity contribution in [1.82, 2.24) is 35.2 Å². The summed E-state index contributed by atoms with van der Waals surface area (Å²) in [6.07, 6.45) is 6.53. The number of aromatic nitrogens is 3. The molecule has 3 aliphatic rings. The molecule has 0 saturated carbocycles. The molecule has 230 valence electrons. The van der Waals surface area contributed by atoms with E-state index in [9.17, 15) is 19.2 Å². The monoisotopic (exact) mass is 597 g/mol. The molecule has 0 unspecified atom stereocenters. The van der Waals surface area contributed by atoms with Crippen molar-refractivity contribution < 1.29 is 19.2 Å². The number of fused-ring (bicyclic) bond motifs is 4. The third-order valence-electron chi connectivity index (χ3n) is 9.19. The number of nitrogens with zero attached hydrogens (tertiary/aromatic N) is 5. The van der Waals surface area contributed by atoms with E-state index in [4.69, 9.17) is 0 Å². The highest BCUT2D eigenvalue weighted by Gasteiger charge is 2.45. The van der Waals surface area contributed by atoms with Crippen LogP contribution in [0.5, 0.6) is 0 Å². The second-order valence-corrected chi connectivity index (χ2v) is 12.3. The van der Waals surface area contributed by atoms with E-state index in [-0.39, 0.29) is 47.9 Å². The van der Waals surface area contributed by atoms with E-state index in [1.165, 1.54) is 6.33 Å². The van der Waals surface area contributed by atoms with Crippen molar-refractivity contribution in [3.63, 3.8) is 0 Å². The van der Waals surface area contributed by atoms with Crippen molar-refractivity contribution in [2.75, 3.05) is 19.6 Å².